The van der Waals surface area contributed by atoms with Gasteiger partial charge in [0.1, 0.15) is 5.82 Å². The first-order chi connectivity index (χ1) is 6.40. The van der Waals surface area contributed by atoms with Gasteiger partial charge in [-0.05, 0) is 25.8 Å². The van der Waals surface area contributed by atoms with Crippen molar-refractivity contribution in [2.24, 2.45) is 0 Å². The van der Waals surface area contributed by atoms with Crippen LogP contribution in [0.4, 0.5) is 0 Å². The molecule has 0 saturated carbocycles. The monoisotopic (exact) mass is 180 g/mol. The maximum atomic E-state index is 4.45. The third kappa shape index (κ3) is 1.88. The number of nitrogens with zero attached hydrogens (tertiary/aromatic N) is 2. The number of hydrogen-bond donors (Lipinski definition) is 2. The van der Waals surface area contributed by atoms with E-state index in [2.05, 4.69) is 27.4 Å². The molecule has 1 aliphatic heterocycles. The molecule has 1 atom stereocenters. The van der Waals surface area contributed by atoms with E-state index in [-0.39, 0.29) is 0 Å². The maximum Gasteiger partial charge on any atom is 0.167 e. The molecule has 0 spiro atoms. The van der Waals surface area contributed by atoms with Crippen LogP contribution in [0.3, 0.4) is 0 Å². The first-order valence-corrected chi connectivity index (χ1v) is 5.04. The van der Waals surface area contributed by atoms with Gasteiger partial charge < -0.3 is 5.32 Å². The molecule has 4 nitrogen and oxygen atoms in total. The summed E-state index contributed by atoms with van der Waals surface area (Å²) in [6, 6.07) is 0.391. The Balaban J connectivity index is 2.03. The SMILES string of the molecule is CCCc1nc([C@H]2CCCN2)n[nH]1. The lowest BCUT2D eigenvalue weighted by atomic mass is 10.2. The van der Waals surface area contributed by atoms with Gasteiger partial charge in [0.05, 0.1) is 6.04 Å². The van der Waals surface area contributed by atoms with Crippen molar-refractivity contribution in [2.45, 2.75) is 38.6 Å². The van der Waals surface area contributed by atoms with Gasteiger partial charge in [0, 0.05) is 6.42 Å². The predicted molar refractivity (Wildman–Crippen MR) is 50.4 cm³/mol. The van der Waals surface area contributed by atoms with Crippen LogP contribution in [0.15, 0.2) is 0 Å². The van der Waals surface area contributed by atoms with Gasteiger partial charge in [-0.15, -0.1) is 0 Å². The molecule has 2 heterocycles. The first-order valence-electron chi connectivity index (χ1n) is 5.04. The van der Waals surface area contributed by atoms with E-state index in [1.165, 1.54) is 12.8 Å². The van der Waals surface area contributed by atoms with E-state index in [0.717, 1.165) is 31.0 Å². The van der Waals surface area contributed by atoms with Crippen molar-refractivity contribution in [2.75, 3.05) is 6.54 Å². The Bertz CT molecular complexity index is 262. The van der Waals surface area contributed by atoms with Gasteiger partial charge in [-0.2, -0.15) is 5.10 Å². The van der Waals surface area contributed by atoms with Gasteiger partial charge in [-0.3, -0.25) is 5.10 Å². The molecule has 0 radical (unpaired) electrons. The average molecular weight is 180 g/mol. The minimum absolute atomic E-state index is 0.391. The van der Waals surface area contributed by atoms with Gasteiger partial charge >= 0.3 is 0 Å². The zero-order valence-electron chi connectivity index (χ0n) is 8.01. The first kappa shape index (κ1) is 8.69. The van der Waals surface area contributed by atoms with Gasteiger partial charge in [0.2, 0.25) is 0 Å². The second-order valence-electron chi connectivity index (χ2n) is 3.54. The highest BCUT2D eigenvalue weighted by Gasteiger charge is 2.19. The molecular weight excluding hydrogens is 164 g/mol. The van der Waals surface area contributed by atoms with E-state index in [4.69, 9.17) is 0 Å². The van der Waals surface area contributed by atoms with Crippen molar-refractivity contribution in [3.63, 3.8) is 0 Å². The molecular formula is C9H16N4. The maximum absolute atomic E-state index is 4.45. The molecule has 0 bridgehead atoms. The van der Waals surface area contributed by atoms with E-state index in [1.54, 1.807) is 0 Å². The van der Waals surface area contributed by atoms with Gasteiger partial charge in [-0.25, -0.2) is 4.98 Å². The number of nitrogens with one attached hydrogen (secondary N) is 2. The van der Waals surface area contributed by atoms with Crippen molar-refractivity contribution >= 4 is 0 Å². The molecule has 72 valence electrons. The lowest BCUT2D eigenvalue weighted by Crippen LogP contribution is -2.14. The van der Waals surface area contributed by atoms with Gasteiger partial charge in [0.15, 0.2) is 5.82 Å². The summed E-state index contributed by atoms with van der Waals surface area (Å²) < 4.78 is 0. The summed E-state index contributed by atoms with van der Waals surface area (Å²) in [4.78, 5) is 4.45. The molecule has 1 aliphatic rings. The molecule has 1 saturated heterocycles. The van der Waals surface area contributed by atoms with E-state index in [1.807, 2.05) is 0 Å². The fourth-order valence-electron chi connectivity index (χ4n) is 1.72. The standard InChI is InChI=1S/C9H16N4/c1-2-4-8-11-9(13-12-8)7-5-3-6-10-7/h7,10H,2-6H2,1H3,(H,11,12,13)/t7-/m1/s1. The summed E-state index contributed by atoms with van der Waals surface area (Å²) in [5.74, 6) is 1.96. The number of aryl methyl sites for hydroxylation is 1. The summed E-state index contributed by atoms with van der Waals surface area (Å²) in [7, 11) is 0. The molecule has 0 unspecified atom stereocenters. The van der Waals surface area contributed by atoms with Gasteiger partial charge in [-0.1, -0.05) is 6.92 Å². The Labute approximate surface area is 78.1 Å². The lowest BCUT2D eigenvalue weighted by molar-refractivity contribution is 0.607. The van der Waals surface area contributed by atoms with E-state index in [9.17, 15) is 0 Å². The summed E-state index contributed by atoms with van der Waals surface area (Å²) in [5.41, 5.74) is 0. The molecule has 0 aliphatic carbocycles. The van der Waals surface area contributed by atoms with Crippen LogP contribution in [0.5, 0.6) is 0 Å². The third-order valence-electron chi connectivity index (χ3n) is 2.41. The molecule has 1 aromatic heterocycles. The van der Waals surface area contributed by atoms with E-state index < -0.39 is 0 Å². The Morgan fingerprint density at radius 1 is 1.54 bits per heavy atom. The van der Waals surface area contributed by atoms with Crippen LogP contribution in [0.25, 0.3) is 0 Å². The van der Waals surface area contributed by atoms with Gasteiger partial charge in [0.25, 0.3) is 0 Å². The van der Waals surface area contributed by atoms with E-state index in [0.29, 0.717) is 6.04 Å². The van der Waals surface area contributed by atoms with Crippen LogP contribution in [0, 0.1) is 0 Å². The Kier molecular flexibility index (Phi) is 2.59. The molecule has 13 heavy (non-hydrogen) atoms. The molecule has 1 fully saturated rings. The summed E-state index contributed by atoms with van der Waals surface area (Å²) in [5, 5.41) is 10.6. The Morgan fingerprint density at radius 3 is 3.15 bits per heavy atom. The van der Waals surface area contributed by atoms with Crippen molar-refractivity contribution in [3.05, 3.63) is 11.6 Å². The lowest BCUT2D eigenvalue weighted by Gasteiger charge is -2.02. The number of rotatable bonds is 3. The Hall–Kier alpha value is -0.900. The van der Waals surface area contributed by atoms with Crippen molar-refractivity contribution in [3.8, 4) is 0 Å². The highest BCUT2D eigenvalue weighted by Crippen LogP contribution is 2.19. The van der Waals surface area contributed by atoms with Crippen molar-refractivity contribution in [1.29, 1.82) is 0 Å². The quantitative estimate of drug-likeness (QED) is 0.734. The predicted octanol–water partition coefficient (Wildman–Crippen LogP) is 1.18. The smallest absolute Gasteiger partial charge is 0.167 e. The topological polar surface area (TPSA) is 53.6 Å². The highest BCUT2D eigenvalue weighted by molar-refractivity contribution is 4.98. The summed E-state index contributed by atoms with van der Waals surface area (Å²) >= 11 is 0. The number of hydrogen-bond acceptors (Lipinski definition) is 3. The summed E-state index contributed by atoms with van der Waals surface area (Å²) in [6.07, 6.45) is 4.53. The molecule has 4 heteroatoms. The van der Waals surface area contributed by atoms with Crippen LogP contribution < -0.4 is 5.32 Å². The van der Waals surface area contributed by atoms with Crippen LogP contribution in [0.2, 0.25) is 0 Å². The second-order valence-corrected chi connectivity index (χ2v) is 3.54. The van der Waals surface area contributed by atoms with Crippen LogP contribution >= 0.6 is 0 Å². The minimum atomic E-state index is 0.391. The fraction of sp³-hybridized carbons (Fsp3) is 0.778. The van der Waals surface area contributed by atoms with Crippen LogP contribution in [0.1, 0.15) is 43.9 Å². The summed E-state index contributed by atoms with van der Waals surface area (Å²) in [6.45, 7) is 3.25. The van der Waals surface area contributed by atoms with E-state index >= 15 is 0 Å². The normalized spacial score (nSPS) is 22.4. The molecule has 1 aromatic rings. The minimum Gasteiger partial charge on any atom is -0.307 e. The fourth-order valence-corrected chi connectivity index (χ4v) is 1.72. The van der Waals surface area contributed by atoms with Crippen molar-refractivity contribution in [1.82, 2.24) is 20.5 Å². The Morgan fingerprint density at radius 2 is 2.46 bits per heavy atom. The second kappa shape index (κ2) is 3.87. The van der Waals surface area contributed by atoms with Crippen molar-refractivity contribution < 1.29 is 0 Å². The highest BCUT2D eigenvalue weighted by atomic mass is 15.2. The number of aromatic nitrogens is 3. The molecule has 0 aromatic carbocycles. The molecule has 0 amide bonds. The number of H-pyrrole nitrogens is 1. The molecule has 2 rings (SSSR count). The zero-order chi connectivity index (χ0) is 9.10. The number of aromatic amines is 1. The van der Waals surface area contributed by atoms with Crippen LogP contribution in [-0.4, -0.2) is 21.7 Å². The zero-order valence-corrected chi connectivity index (χ0v) is 8.01. The third-order valence-corrected chi connectivity index (χ3v) is 2.41. The van der Waals surface area contributed by atoms with Crippen LogP contribution in [-0.2, 0) is 6.42 Å². The molecule has 2 N–H and O–H groups in total. The average Bonchev–Trinajstić information content (AvgIpc) is 2.70. The largest absolute Gasteiger partial charge is 0.307 e.